The van der Waals surface area contributed by atoms with Gasteiger partial charge in [0.05, 0.1) is 72.3 Å². The summed E-state index contributed by atoms with van der Waals surface area (Å²) in [4.78, 5) is 45.0. The minimum absolute atomic E-state index is 0.0704. The van der Waals surface area contributed by atoms with Crippen molar-refractivity contribution in [2.75, 3.05) is 33.8 Å². The average molecular weight is 1120 g/mol. The first-order chi connectivity index (χ1) is 36.7. The van der Waals surface area contributed by atoms with E-state index >= 15 is 0 Å². The number of methoxy groups -OCH3 is 4. The molecule has 77 heavy (non-hydrogen) atoms. The first-order valence-electron chi connectivity index (χ1n) is 22.1. The van der Waals surface area contributed by atoms with Gasteiger partial charge in [-0.1, -0.05) is 40.9 Å². The van der Waals surface area contributed by atoms with Gasteiger partial charge >= 0.3 is 11.9 Å². The minimum atomic E-state index is -1.57. The van der Waals surface area contributed by atoms with Crippen LogP contribution in [0.25, 0.3) is 14.5 Å². The number of benzene rings is 7. The highest BCUT2D eigenvalue weighted by Gasteiger charge is 2.13. The number of amides is 1. The molecule has 7 aromatic rings. The number of phenols is 1. The van der Waals surface area contributed by atoms with Crippen LogP contribution in [-0.4, -0.2) is 55.6 Å². The molecular weight excluding hydrogens is 1080 g/mol. The number of hydrogen-bond acceptors (Lipinski definition) is 11. The first kappa shape index (κ1) is 60.9. The quantitative estimate of drug-likeness (QED) is 0.0692. The lowest BCUT2D eigenvalue weighted by Gasteiger charge is -2.12. The Morgan fingerprint density at radius 3 is 1.40 bits per heavy atom. The van der Waals surface area contributed by atoms with Gasteiger partial charge in [0.15, 0.2) is 17.1 Å². The Labute approximate surface area is 461 Å². The fraction of sp³-hybridized carbons (Fsp3) is 0.143. The highest BCUT2D eigenvalue weighted by molar-refractivity contribution is 7.82. The third-order valence-electron chi connectivity index (χ3n) is 9.78. The Morgan fingerprint density at radius 1 is 0.571 bits per heavy atom. The molecule has 0 bridgehead atoms. The summed E-state index contributed by atoms with van der Waals surface area (Å²) in [5.41, 5.74) is 4.58. The number of ether oxygens (including phenoxy) is 6. The number of nitrogens with zero attached hydrogens (tertiary/aromatic N) is 3. The molecule has 0 saturated heterocycles. The maximum atomic E-state index is 12.5. The van der Waals surface area contributed by atoms with E-state index in [2.05, 4.69) is 29.3 Å². The van der Waals surface area contributed by atoms with E-state index in [4.69, 9.17) is 78.6 Å². The fourth-order valence-corrected chi connectivity index (χ4v) is 7.58. The first-order valence-corrected chi connectivity index (χ1v) is 24.5. The number of phenolic OH excluding ortho intramolecular Hbond substituents is 1. The van der Waals surface area contributed by atoms with Gasteiger partial charge in [-0.15, -0.1) is 0 Å². The molecule has 0 fully saturated rings. The molecule has 0 aromatic heterocycles. The number of aryl methyl sites for hydroxylation is 1. The maximum absolute atomic E-state index is 12.5. The number of nitrogens with two attached hydrogens (primary N) is 1. The second-order valence-corrected chi connectivity index (χ2v) is 18.1. The molecule has 396 valence electrons. The van der Waals surface area contributed by atoms with E-state index in [1.54, 1.807) is 109 Å². The van der Waals surface area contributed by atoms with Gasteiger partial charge in [-0.05, 0) is 144 Å². The summed E-state index contributed by atoms with van der Waals surface area (Å²) < 4.78 is 54.9. The Bertz CT molecular complexity index is 3340. The summed E-state index contributed by atoms with van der Waals surface area (Å²) in [5, 5.41) is 18.4. The van der Waals surface area contributed by atoms with Crippen molar-refractivity contribution < 1.29 is 56.5 Å². The Hall–Kier alpha value is -8.67. The van der Waals surface area contributed by atoms with Gasteiger partial charge in [0, 0.05) is 32.9 Å². The zero-order valence-electron chi connectivity index (χ0n) is 41.7. The monoisotopic (exact) mass is 1120 g/mol. The molecule has 0 aliphatic rings. The van der Waals surface area contributed by atoms with Crippen molar-refractivity contribution >= 4 is 86.4 Å². The highest BCUT2D eigenvalue weighted by Crippen LogP contribution is 2.34. The number of hydrogen-bond donors (Lipinski definition) is 3. The summed E-state index contributed by atoms with van der Waals surface area (Å²) in [6, 6.07) is 34.9. The lowest BCUT2D eigenvalue weighted by atomic mass is 10.1. The van der Waals surface area contributed by atoms with Gasteiger partial charge in [-0.3, -0.25) is 14.4 Å². The number of rotatable bonds is 14. The summed E-state index contributed by atoms with van der Waals surface area (Å²) in [6.07, 6.45) is 0.375. The molecule has 1 amide bonds. The third-order valence-corrected chi connectivity index (χ3v) is 11.2. The van der Waals surface area contributed by atoms with Crippen LogP contribution in [0.1, 0.15) is 22.3 Å². The van der Waals surface area contributed by atoms with Gasteiger partial charge in [-0.2, -0.15) is 0 Å². The van der Waals surface area contributed by atoms with Crippen molar-refractivity contribution in [3.8, 4) is 40.2 Å². The van der Waals surface area contributed by atoms with E-state index in [9.17, 15) is 28.1 Å². The largest absolute Gasteiger partial charge is 0.508 e. The normalized spacial score (nSPS) is 10.3. The van der Waals surface area contributed by atoms with Crippen molar-refractivity contribution in [1.29, 1.82) is 0 Å². The van der Waals surface area contributed by atoms with Gasteiger partial charge in [0.2, 0.25) is 5.91 Å². The van der Waals surface area contributed by atoms with E-state index in [0.29, 0.717) is 77.6 Å². The van der Waals surface area contributed by atoms with E-state index in [-0.39, 0.29) is 53.6 Å². The van der Waals surface area contributed by atoms with Crippen molar-refractivity contribution in [1.82, 2.24) is 0 Å². The number of halogens is 4. The molecule has 0 heterocycles. The summed E-state index contributed by atoms with van der Waals surface area (Å²) in [7, 11) is 4.14. The second kappa shape index (κ2) is 30.6. The predicted octanol–water partition coefficient (Wildman–Crippen LogP) is 13.7. The van der Waals surface area contributed by atoms with Crippen LogP contribution in [0.15, 0.2) is 138 Å². The van der Waals surface area contributed by atoms with Crippen molar-refractivity contribution in [3.05, 3.63) is 211 Å². The van der Waals surface area contributed by atoms with Crippen LogP contribution in [0.3, 0.4) is 0 Å². The summed E-state index contributed by atoms with van der Waals surface area (Å²) in [6.45, 7) is 22.6. The van der Waals surface area contributed by atoms with Gasteiger partial charge in [0.25, 0.3) is 0 Å². The Balaban J connectivity index is 0.000000242. The van der Waals surface area contributed by atoms with Gasteiger partial charge in [-0.25, -0.2) is 28.3 Å². The van der Waals surface area contributed by atoms with Crippen molar-refractivity contribution in [2.24, 2.45) is 5.14 Å². The minimum Gasteiger partial charge on any atom is -0.508 e. The molecule has 4 N–H and O–H groups in total. The van der Waals surface area contributed by atoms with Crippen LogP contribution < -0.4 is 29.4 Å². The number of anilines is 1. The molecule has 1 atom stereocenters. The van der Waals surface area contributed by atoms with E-state index < -0.39 is 16.8 Å². The number of carbonyl (C=O) groups excluding carboxylic acids is 3. The van der Waals surface area contributed by atoms with Crippen LogP contribution in [-0.2, 0) is 54.1 Å². The summed E-state index contributed by atoms with van der Waals surface area (Å²) in [5.74, 6) is 1.61. The Kier molecular flexibility index (Phi) is 24.2. The molecule has 0 aliphatic heterocycles. The summed E-state index contributed by atoms with van der Waals surface area (Å²) >= 11 is 17.4. The van der Waals surface area contributed by atoms with E-state index in [0.717, 1.165) is 23.3 Å². The zero-order valence-corrected chi connectivity index (χ0v) is 44.8. The maximum Gasteiger partial charge on any atom is 0.309 e. The molecule has 0 aliphatic carbocycles. The highest BCUT2D eigenvalue weighted by atomic mass is 35.5. The number of aromatic hydroxyl groups is 1. The fourth-order valence-electron chi connectivity index (χ4n) is 6.52. The van der Waals surface area contributed by atoms with Crippen LogP contribution in [0, 0.1) is 32.5 Å². The van der Waals surface area contributed by atoms with Crippen LogP contribution >= 0.6 is 34.8 Å². The van der Waals surface area contributed by atoms with Crippen LogP contribution in [0.4, 0.5) is 27.1 Å². The molecule has 16 nitrogen and oxygen atoms in total. The Morgan fingerprint density at radius 2 is 0.987 bits per heavy atom. The van der Waals surface area contributed by atoms with E-state index in [1.807, 2.05) is 13.0 Å². The van der Waals surface area contributed by atoms with E-state index in [1.165, 1.54) is 34.5 Å². The molecule has 21 heteroatoms. The number of esters is 2. The molecule has 0 radical (unpaired) electrons. The van der Waals surface area contributed by atoms with Gasteiger partial charge < -0.3 is 38.8 Å². The lowest BCUT2D eigenvalue weighted by Crippen LogP contribution is -2.14. The molecule has 7 rings (SSSR count). The third kappa shape index (κ3) is 21.6. The molecule has 7 aromatic carbocycles. The molecule has 0 saturated carbocycles. The SMILES string of the molecule is COC(=O)Cc1cc(C)cc(O)c1.[C-]#[N+]c1cc(Cl)cc(Oc2cc(CC(=O)Nc3ccc(S(N)=O)cc3)cc(OC)c2)c1.[C-]#[N+]c1cc(Cl)cc(Oc2cc(CC(=O)OC)cc(OC)c2)c1.[C-]#[N+]c1cc(F)cc(Cl)c1. The van der Waals surface area contributed by atoms with Crippen molar-refractivity contribution in [2.45, 2.75) is 31.1 Å². The second-order valence-electron chi connectivity index (χ2n) is 15.7. The van der Waals surface area contributed by atoms with Crippen LogP contribution in [0.5, 0.6) is 40.2 Å². The molecule has 1 unspecified atom stereocenters. The lowest BCUT2D eigenvalue weighted by molar-refractivity contribution is -0.140. The number of nitrogens with one attached hydrogen (secondary N) is 1. The standard InChI is InChI=1S/C22H18ClN3O4S.C17H14ClNO4.C10H12O3.C7H3ClFN/c1-25-17-10-15(23)11-20(12-17)30-19-8-14(7-18(13-19)29-2)9-22(27)26-16-3-5-21(6-4-16)31(24)28;1-19-13-7-12(18)8-16(9-13)23-15-5-11(6-17(20)22-3)4-14(10-15)21-2;1-7-3-8(5-9(11)4-7)6-10(12)13-2;1-10-7-3-5(8)2-6(9)4-7/h3-8,10-13H,9,24H2,2H3,(H,26,27);4-5,7-10H,6H2,2-3H3;3-5,11H,6H2,1-2H3;2-4H. The molecule has 0 spiro atoms. The van der Waals surface area contributed by atoms with Crippen molar-refractivity contribution in [3.63, 3.8) is 0 Å². The number of carbonyl (C=O) groups is 3. The average Bonchev–Trinajstić information content (AvgIpc) is 3.38. The topological polar surface area (TPSA) is 195 Å². The smallest absolute Gasteiger partial charge is 0.309 e. The van der Waals surface area contributed by atoms with Crippen LogP contribution in [0.2, 0.25) is 15.1 Å². The zero-order chi connectivity index (χ0) is 56.6. The molecular formula is C56H47Cl3FN5O11S. The van der Waals surface area contributed by atoms with Gasteiger partial charge in [0.1, 0.15) is 57.0 Å². The predicted molar refractivity (Wildman–Crippen MR) is 293 cm³/mol.